The zero-order valence-corrected chi connectivity index (χ0v) is 67.5. The first-order valence-electron chi connectivity index (χ1n) is 38.6. The summed E-state index contributed by atoms with van der Waals surface area (Å²) in [4.78, 5) is 10.1. The van der Waals surface area contributed by atoms with Gasteiger partial charge in [-0.05, 0) is 212 Å². The highest BCUT2D eigenvalue weighted by molar-refractivity contribution is 7.02. The lowest BCUT2D eigenvalue weighted by Gasteiger charge is -2.46. The van der Waals surface area contributed by atoms with Gasteiger partial charge in [0, 0.05) is 80.5 Å². The molecular weight excluding hydrogens is 1290 g/mol. The standard InChI is InChI=1S/C98H108B2N4O2/c1-91(2,3)61-25-39-69(40-26-61)101(70-41-27-62(28-42-70)92(4,5)6)75-55-83-89-84(56-75)104(74-49-35-66(36-50-74)96(16,17)18)82-60-86-80(59-78(82)99(89)77-53-67(97(19,20)21)37-51-81(77)103(83)73-47-33-65(34-48-73)95(13,14)15)100-79-54-68(98(22,23)24)38-52-85(79)105-87-57-76(58-88(106-86)90(87)100)102(71-43-29-63(30-44-71)93(7,8)9)72-45-31-64(32-46-72)94(10,11)12/h25-60H,1-24H3. The molecule has 0 fully saturated rings. The maximum atomic E-state index is 7.87. The number of fused-ring (bicyclic) bond motifs is 8. The Morgan fingerprint density at radius 1 is 0.217 bits per heavy atom. The summed E-state index contributed by atoms with van der Waals surface area (Å²) in [6.45, 7) is 54.9. The Morgan fingerprint density at radius 3 is 0.868 bits per heavy atom. The van der Waals surface area contributed by atoms with Crippen molar-refractivity contribution in [3.8, 4) is 23.0 Å². The van der Waals surface area contributed by atoms with Gasteiger partial charge in [0.05, 0.1) is 11.4 Å². The second-order valence-corrected chi connectivity index (χ2v) is 38.9. The number of hydrogen-bond acceptors (Lipinski definition) is 6. The third-order valence-electron chi connectivity index (χ3n) is 22.8. The van der Waals surface area contributed by atoms with Crippen LogP contribution < -0.4 is 61.9 Å². The molecule has 4 aliphatic rings. The van der Waals surface area contributed by atoms with E-state index in [1.807, 2.05) is 0 Å². The molecule has 538 valence electrons. The Bertz CT molecular complexity index is 5110. The summed E-state index contributed by atoms with van der Waals surface area (Å²) in [5.74, 6) is 3.24. The summed E-state index contributed by atoms with van der Waals surface area (Å²) in [7, 11) is 0. The van der Waals surface area contributed by atoms with Gasteiger partial charge in [0.15, 0.2) is 0 Å². The quantitative estimate of drug-likeness (QED) is 0.141. The first-order valence-corrected chi connectivity index (χ1v) is 38.6. The van der Waals surface area contributed by atoms with Gasteiger partial charge in [-0.3, -0.25) is 0 Å². The maximum absolute atomic E-state index is 7.87. The molecule has 11 aromatic rings. The third-order valence-corrected chi connectivity index (χ3v) is 22.8. The molecule has 0 aromatic heterocycles. The van der Waals surface area contributed by atoms with E-state index < -0.39 is 0 Å². The van der Waals surface area contributed by atoms with Crippen LogP contribution in [0, 0.1) is 0 Å². The van der Waals surface area contributed by atoms with Gasteiger partial charge in [-0.1, -0.05) is 269 Å². The van der Waals surface area contributed by atoms with Gasteiger partial charge in [0.1, 0.15) is 23.0 Å². The highest BCUT2D eigenvalue weighted by Gasteiger charge is 2.49. The minimum atomic E-state index is -0.253. The zero-order chi connectivity index (χ0) is 75.7. The van der Waals surface area contributed by atoms with Gasteiger partial charge < -0.3 is 29.1 Å². The van der Waals surface area contributed by atoms with Crippen molar-refractivity contribution in [2.45, 2.75) is 209 Å². The van der Waals surface area contributed by atoms with Gasteiger partial charge in [-0.2, -0.15) is 0 Å². The molecule has 106 heavy (non-hydrogen) atoms. The summed E-state index contributed by atoms with van der Waals surface area (Å²) >= 11 is 0. The van der Waals surface area contributed by atoms with Crippen molar-refractivity contribution in [2.24, 2.45) is 0 Å². The Morgan fingerprint density at radius 2 is 0.500 bits per heavy atom. The predicted molar refractivity (Wildman–Crippen MR) is 457 cm³/mol. The number of nitrogens with zero attached hydrogens (tertiary/aromatic N) is 4. The summed E-state index contributed by atoms with van der Waals surface area (Å²) in [5.41, 5.74) is 29.6. The molecule has 0 bridgehead atoms. The normalized spacial score (nSPS) is 14.1. The van der Waals surface area contributed by atoms with Gasteiger partial charge in [-0.25, -0.2) is 0 Å². The number of hydrogen-bond donors (Lipinski definition) is 0. The van der Waals surface area contributed by atoms with E-state index in [9.17, 15) is 0 Å². The Balaban J connectivity index is 1.04. The van der Waals surface area contributed by atoms with E-state index in [-0.39, 0.29) is 56.7 Å². The fourth-order valence-electron chi connectivity index (χ4n) is 16.3. The highest BCUT2D eigenvalue weighted by Crippen LogP contribution is 2.52. The van der Waals surface area contributed by atoms with E-state index in [0.29, 0.717) is 0 Å². The van der Waals surface area contributed by atoms with Crippen LogP contribution >= 0.6 is 0 Å². The fraction of sp³-hybridized carbons (Fsp3) is 0.327. The van der Waals surface area contributed by atoms with Gasteiger partial charge >= 0.3 is 0 Å². The summed E-state index contributed by atoms with van der Waals surface area (Å²) in [6.07, 6.45) is 0. The Labute approximate surface area is 635 Å². The molecular formula is C98H108B2N4O2. The topological polar surface area (TPSA) is 31.4 Å². The van der Waals surface area contributed by atoms with Gasteiger partial charge in [0.2, 0.25) is 0 Å². The van der Waals surface area contributed by atoms with Crippen molar-refractivity contribution in [1.29, 1.82) is 0 Å². The van der Waals surface area contributed by atoms with E-state index >= 15 is 0 Å². The van der Waals surface area contributed by atoms with Crippen LogP contribution in [0.5, 0.6) is 23.0 Å². The molecule has 8 heteroatoms. The SMILES string of the molecule is CC(C)(C)c1ccc(N(c2ccc(C(C)(C)C)cc2)c2cc3c4c(c2)Oc2cc5c(cc2B4c2cc(C(C)(C)C)ccc2O3)B2c3cc(C(C)(C)C)ccc3N(c3ccc(C(C)(C)C)cc3)c3cc(N(c4ccc(C(C)(C)C)cc4)c4ccc(C(C)(C)C)cc4)cc(c32)N5c2ccc(C(C)(C)C)cc2)cc1. The van der Waals surface area contributed by atoms with Crippen molar-refractivity contribution in [2.75, 3.05) is 19.6 Å². The lowest BCUT2D eigenvalue weighted by molar-refractivity contribution is 0.464. The molecule has 0 radical (unpaired) electrons. The van der Waals surface area contributed by atoms with Crippen molar-refractivity contribution in [3.05, 3.63) is 263 Å². The minimum Gasteiger partial charge on any atom is -0.458 e. The second-order valence-electron chi connectivity index (χ2n) is 38.9. The Kier molecular flexibility index (Phi) is 16.9. The summed E-state index contributed by atoms with van der Waals surface area (Å²) in [6, 6.07) is 84.6. The summed E-state index contributed by atoms with van der Waals surface area (Å²) in [5, 5.41) is 0. The first kappa shape index (κ1) is 71.9. The van der Waals surface area contributed by atoms with E-state index in [1.54, 1.807) is 0 Å². The second kappa shape index (κ2) is 25.0. The molecule has 0 amide bonds. The monoisotopic (exact) mass is 1390 g/mol. The Hall–Kier alpha value is -9.65. The van der Waals surface area contributed by atoms with Crippen LogP contribution in [0.2, 0.25) is 0 Å². The van der Waals surface area contributed by atoms with Crippen molar-refractivity contribution in [1.82, 2.24) is 0 Å². The largest absolute Gasteiger partial charge is 0.458 e. The molecule has 15 rings (SSSR count). The molecule has 0 N–H and O–H groups in total. The van der Waals surface area contributed by atoms with Crippen molar-refractivity contribution in [3.63, 3.8) is 0 Å². The van der Waals surface area contributed by atoms with Crippen molar-refractivity contribution >= 4 is 114 Å². The van der Waals surface area contributed by atoms with Crippen LogP contribution in [-0.2, 0) is 43.3 Å². The van der Waals surface area contributed by atoms with Crippen LogP contribution in [0.25, 0.3) is 0 Å². The average Bonchev–Trinajstić information content (AvgIpc) is 0.687. The molecule has 4 heterocycles. The average molecular weight is 1400 g/mol. The zero-order valence-electron chi connectivity index (χ0n) is 67.5. The maximum Gasteiger partial charge on any atom is 0.260 e. The first-order chi connectivity index (χ1) is 49.6. The van der Waals surface area contributed by atoms with E-state index in [1.165, 1.54) is 60.9 Å². The van der Waals surface area contributed by atoms with E-state index in [4.69, 9.17) is 9.47 Å². The van der Waals surface area contributed by atoms with E-state index in [2.05, 4.69) is 404 Å². The molecule has 0 saturated heterocycles. The molecule has 11 aromatic carbocycles. The highest BCUT2D eigenvalue weighted by atomic mass is 16.5. The number of benzene rings is 11. The van der Waals surface area contributed by atoms with Gasteiger partial charge in [0.25, 0.3) is 13.4 Å². The molecule has 0 aliphatic carbocycles. The lowest BCUT2D eigenvalue weighted by atomic mass is 9.30. The third kappa shape index (κ3) is 12.9. The molecule has 4 aliphatic heterocycles. The number of ether oxygens (including phenoxy) is 2. The van der Waals surface area contributed by atoms with Crippen LogP contribution in [0.3, 0.4) is 0 Å². The smallest absolute Gasteiger partial charge is 0.260 e. The van der Waals surface area contributed by atoms with Crippen molar-refractivity contribution < 1.29 is 9.47 Å². The van der Waals surface area contributed by atoms with Gasteiger partial charge in [-0.15, -0.1) is 0 Å². The van der Waals surface area contributed by atoms with E-state index in [0.717, 1.165) is 108 Å². The molecule has 6 nitrogen and oxygen atoms in total. The lowest BCUT2D eigenvalue weighted by Crippen LogP contribution is -2.64. The van der Waals surface area contributed by atoms with Crippen LogP contribution in [0.1, 0.15) is 211 Å². The fourth-order valence-corrected chi connectivity index (χ4v) is 16.3. The van der Waals surface area contributed by atoms with Crippen LogP contribution in [0.4, 0.5) is 68.2 Å². The minimum absolute atomic E-state index is 0.0253. The summed E-state index contributed by atoms with van der Waals surface area (Å²) < 4.78 is 15.3. The molecule has 0 atom stereocenters. The van der Waals surface area contributed by atoms with Crippen LogP contribution in [-0.4, -0.2) is 13.4 Å². The number of rotatable bonds is 8. The molecule has 0 spiro atoms. The molecule has 0 saturated carbocycles. The van der Waals surface area contributed by atoms with Crippen LogP contribution in [0.15, 0.2) is 218 Å². The number of anilines is 12. The predicted octanol–water partition coefficient (Wildman–Crippen LogP) is 23.8. The molecule has 0 unspecified atom stereocenters.